The highest BCUT2D eigenvalue weighted by Gasteiger charge is 2.68. The normalized spacial score (nSPS) is 28.9. The number of carbonyl (C=O) groups is 3. The van der Waals surface area contributed by atoms with Gasteiger partial charge in [0.05, 0.1) is 7.11 Å². The molecule has 0 radical (unpaired) electrons. The molecule has 0 bridgehead atoms. The molecular weight excluding hydrogens is 453 g/mol. The number of amides is 5. The van der Waals surface area contributed by atoms with Crippen molar-refractivity contribution >= 4 is 18.0 Å². The zero-order chi connectivity index (χ0) is 24.7. The van der Waals surface area contributed by atoms with E-state index in [-0.39, 0.29) is 30.3 Å². The summed E-state index contributed by atoms with van der Waals surface area (Å²) in [6.07, 6.45) is -1.39. The van der Waals surface area contributed by atoms with Crippen LogP contribution in [-0.4, -0.2) is 66.2 Å². The van der Waals surface area contributed by atoms with Gasteiger partial charge in [-0.3, -0.25) is 9.69 Å². The molecule has 0 aromatic heterocycles. The number of carbonyl (C=O) groups excluding carboxylic acids is 3. The summed E-state index contributed by atoms with van der Waals surface area (Å²) in [5.41, 5.74) is -0.734. The van der Waals surface area contributed by atoms with Gasteiger partial charge in [-0.1, -0.05) is 12.1 Å². The van der Waals surface area contributed by atoms with Crippen molar-refractivity contribution < 1.29 is 32.3 Å². The third kappa shape index (κ3) is 4.52. The molecule has 1 aromatic rings. The smallest absolute Gasteiger partial charge is 0.406 e. The van der Waals surface area contributed by atoms with Gasteiger partial charge >= 0.3 is 18.2 Å². The summed E-state index contributed by atoms with van der Waals surface area (Å²) in [6, 6.07) is 6.15. The molecule has 0 atom stereocenters. The van der Waals surface area contributed by atoms with Crippen LogP contribution in [0.5, 0.6) is 5.75 Å². The lowest BCUT2D eigenvalue weighted by atomic mass is 9.51. The third-order valence-corrected chi connectivity index (χ3v) is 7.40. The highest BCUT2D eigenvalue weighted by atomic mass is 19.4. The van der Waals surface area contributed by atoms with Gasteiger partial charge in [0, 0.05) is 19.6 Å². The number of hydrogen-bond acceptors (Lipinski definition) is 4. The molecule has 1 aliphatic heterocycles. The minimum Gasteiger partial charge on any atom is -0.497 e. The Morgan fingerprint density at radius 3 is 2.32 bits per heavy atom. The van der Waals surface area contributed by atoms with Crippen molar-refractivity contribution in [3.05, 3.63) is 29.8 Å². The quantitative estimate of drug-likeness (QED) is 0.630. The van der Waals surface area contributed by atoms with E-state index in [4.69, 9.17) is 4.74 Å². The number of hydrogen-bond donors (Lipinski definition) is 2. The summed E-state index contributed by atoms with van der Waals surface area (Å²) in [5.74, 6) is 0.185. The summed E-state index contributed by atoms with van der Waals surface area (Å²) in [4.78, 5) is 38.8. The van der Waals surface area contributed by atoms with E-state index in [1.54, 1.807) is 7.11 Å². The van der Waals surface area contributed by atoms with Gasteiger partial charge in [-0.15, -0.1) is 0 Å². The topological polar surface area (TPSA) is 91.0 Å². The summed E-state index contributed by atoms with van der Waals surface area (Å²) in [5, 5.41) is 5.78. The molecule has 2 saturated carbocycles. The lowest BCUT2D eigenvalue weighted by Gasteiger charge is -2.58. The number of methoxy groups -OCH3 is 1. The van der Waals surface area contributed by atoms with Crippen LogP contribution in [0, 0.1) is 5.41 Å². The third-order valence-electron chi connectivity index (χ3n) is 7.40. The van der Waals surface area contributed by atoms with E-state index in [0.717, 1.165) is 16.2 Å². The van der Waals surface area contributed by atoms with Crippen LogP contribution in [0.3, 0.4) is 0 Å². The number of alkyl halides is 3. The Hall–Kier alpha value is -2.98. The molecule has 34 heavy (non-hydrogen) atoms. The number of nitrogens with zero attached hydrogens (tertiary/aromatic N) is 2. The number of urea groups is 2. The lowest BCUT2D eigenvalue weighted by Crippen LogP contribution is -2.65. The first kappa shape index (κ1) is 24.2. The van der Waals surface area contributed by atoms with Gasteiger partial charge in [-0.2, -0.15) is 13.2 Å². The number of benzene rings is 1. The zero-order valence-electron chi connectivity index (χ0n) is 19.2. The van der Waals surface area contributed by atoms with E-state index in [2.05, 4.69) is 10.6 Å². The molecule has 2 spiro atoms. The molecule has 2 aliphatic carbocycles. The van der Waals surface area contributed by atoms with Gasteiger partial charge in [-0.05, 0) is 61.6 Å². The molecule has 3 aliphatic rings. The lowest BCUT2D eigenvalue weighted by molar-refractivity contribution is -0.173. The second-order valence-electron chi connectivity index (χ2n) is 9.68. The molecule has 11 heteroatoms. The fourth-order valence-electron chi connectivity index (χ4n) is 5.70. The number of ether oxygens (including phenoxy) is 1. The Balaban J connectivity index is 1.28. The standard InChI is InChI=1S/C23H29F3N4O4/c1-29-18(31)22(30(20(29)33)14-23(24,25)26)12-21(13-22)9-7-16(8-10-21)28-19(32)27-11-15-3-5-17(34-2)6-4-15/h3-6,16H,7-14H2,1-2H3,(H2,27,28,32). The maximum Gasteiger partial charge on any atom is 0.406 e. The summed E-state index contributed by atoms with van der Waals surface area (Å²) in [7, 11) is 2.82. The molecule has 0 unspecified atom stereocenters. The highest BCUT2D eigenvalue weighted by Crippen LogP contribution is 2.61. The molecule has 1 aromatic carbocycles. The maximum absolute atomic E-state index is 13.1. The van der Waals surface area contributed by atoms with Crippen LogP contribution in [0.25, 0.3) is 0 Å². The first-order chi connectivity index (χ1) is 16.0. The molecule has 1 saturated heterocycles. The Bertz CT molecular complexity index is 950. The van der Waals surface area contributed by atoms with Gasteiger partial charge in [0.15, 0.2) is 0 Å². The van der Waals surface area contributed by atoms with Crippen molar-refractivity contribution in [2.75, 3.05) is 20.7 Å². The van der Waals surface area contributed by atoms with Gasteiger partial charge < -0.3 is 20.3 Å². The van der Waals surface area contributed by atoms with Crippen molar-refractivity contribution in [1.29, 1.82) is 0 Å². The van der Waals surface area contributed by atoms with Crippen LogP contribution in [0.4, 0.5) is 22.8 Å². The molecule has 8 nitrogen and oxygen atoms in total. The first-order valence-corrected chi connectivity index (χ1v) is 11.3. The maximum atomic E-state index is 13.1. The van der Waals surface area contributed by atoms with E-state index in [0.29, 0.717) is 37.1 Å². The Labute approximate surface area is 195 Å². The number of likely N-dealkylation sites (N-methyl/N-ethyl adjacent to an activating group) is 1. The van der Waals surface area contributed by atoms with Gasteiger partial charge in [0.2, 0.25) is 0 Å². The predicted molar refractivity (Wildman–Crippen MR) is 116 cm³/mol. The van der Waals surface area contributed by atoms with Crippen LogP contribution in [0.1, 0.15) is 44.1 Å². The zero-order valence-corrected chi connectivity index (χ0v) is 19.2. The van der Waals surface area contributed by atoms with E-state index in [1.807, 2.05) is 24.3 Å². The van der Waals surface area contributed by atoms with Crippen molar-refractivity contribution in [2.45, 2.75) is 62.8 Å². The second-order valence-corrected chi connectivity index (χ2v) is 9.68. The highest BCUT2D eigenvalue weighted by molar-refractivity contribution is 6.07. The minimum absolute atomic E-state index is 0.0482. The van der Waals surface area contributed by atoms with E-state index < -0.39 is 30.2 Å². The van der Waals surface area contributed by atoms with Gasteiger partial charge in [0.1, 0.15) is 17.8 Å². The van der Waals surface area contributed by atoms with E-state index >= 15 is 0 Å². The molecule has 3 fully saturated rings. The van der Waals surface area contributed by atoms with Crippen molar-refractivity contribution in [3.63, 3.8) is 0 Å². The summed E-state index contributed by atoms with van der Waals surface area (Å²) < 4.78 is 44.3. The summed E-state index contributed by atoms with van der Waals surface area (Å²) >= 11 is 0. The second kappa shape index (κ2) is 8.66. The average Bonchev–Trinajstić information content (AvgIpc) is 2.94. The average molecular weight is 483 g/mol. The van der Waals surface area contributed by atoms with Crippen molar-refractivity contribution in [3.8, 4) is 5.75 Å². The first-order valence-electron chi connectivity index (χ1n) is 11.3. The molecule has 186 valence electrons. The Morgan fingerprint density at radius 1 is 1.15 bits per heavy atom. The molecule has 4 rings (SSSR count). The van der Waals surface area contributed by atoms with Crippen LogP contribution in [0.2, 0.25) is 0 Å². The molecule has 2 N–H and O–H groups in total. The largest absolute Gasteiger partial charge is 0.497 e. The van der Waals surface area contributed by atoms with Crippen LogP contribution in [0.15, 0.2) is 24.3 Å². The minimum atomic E-state index is -4.57. The fourth-order valence-corrected chi connectivity index (χ4v) is 5.70. The number of halogens is 3. The Morgan fingerprint density at radius 2 is 1.76 bits per heavy atom. The van der Waals surface area contributed by atoms with Crippen LogP contribution < -0.4 is 15.4 Å². The Kier molecular flexibility index (Phi) is 6.15. The fraction of sp³-hybridized carbons (Fsp3) is 0.609. The summed E-state index contributed by atoms with van der Waals surface area (Å²) in [6.45, 7) is -1.05. The SMILES string of the molecule is COc1ccc(CNC(=O)NC2CCC3(CC2)CC2(C3)C(=O)N(C)C(=O)N2CC(F)(F)F)cc1. The van der Waals surface area contributed by atoms with Crippen LogP contribution >= 0.6 is 0 Å². The number of imide groups is 1. The van der Waals surface area contributed by atoms with Gasteiger partial charge in [0.25, 0.3) is 5.91 Å². The molecule has 5 amide bonds. The van der Waals surface area contributed by atoms with E-state index in [1.165, 1.54) is 7.05 Å². The van der Waals surface area contributed by atoms with Gasteiger partial charge in [-0.25, -0.2) is 9.59 Å². The van der Waals surface area contributed by atoms with Crippen LogP contribution in [-0.2, 0) is 11.3 Å². The number of nitrogens with one attached hydrogen (secondary N) is 2. The monoisotopic (exact) mass is 482 g/mol. The predicted octanol–water partition coefficient (Wildman–Crippen LogP) is 3.41. The molecular formula is C23H29F3N4O4. The molecule has 1 heterocycles. The van der Waals surface area contributed by atoms with Crippen molar-refractivity contribution in [2.24, 2.45) is 5.41 Å². The number of rotatable bonds is 5. The van der Waals surface area contributed by atoms with E-state index in [9.17, 15) is 27.6 Å². The van der Waals surface area contributed by atoms with Crippen molar-refractivity contribution in [1.82, 2.24) is 20.4 Å².